The quantitative estimate of drug-likeness (QED) is 0.534. The fourth-order valence-corrected chi connectivity index (χ4v) is 2.31. The van der Waals surface area contributed by atoms with Gasteiger partial charge in [0.15, 0.2) is 0 Å². The molecular formula is C11H23NO6S. The highest BCUT2D eigenvalue weighted by atomic mass is 32.2. The Morgan fingerprint density at radius 3 is 2.58 bits per heavy atom. The largest absolute Gasteiger partial charge is 0.466 e. The first-order chi connectivity index (χ1) is 8.72. The second-order valence-electron chi connectivity index (χ2n) is 4.43. The Hall–Kier alpha value is -0.700. The molecule has 0 aliphatic carbocycles. The first kappa shape index (κ1) is 18.3. The number of carbonyl (C=O) groups excluding carboxylic acids is 1. The lowest BCUT2D eigenvalue weighted by atomic mass is 10.0. The van der Waals surface area contributed by atoms with Crippen molar-refractivity contribution in [2.24, 2.45) is 0 Å². The average Bonchev–Trinajstić information content (AvgIpc) is 2.33. The van der Waals surface area contributed by atoms with E-state index in [0.29, 0.717) is 13.0 Å². The van der Waals surface area contributed by atoms with Gasteiger partial charge in [0.1, 0.15) is 0 Å². The zero-order valence-corrected chi connectivity index (χ0v) is 12.5. The van der Waals surface area contributed by atoms with Crippen molar-refractivity contribution in [3.05, 3.63) is 0 Å². The monoisotopic (exact) mass is 297 g/mol. The van der Waals surface area contributed by atoms with Gasteiger partial charge in [-0.1, -0.05) is 0 Å². The Kier molecular flexibility index (Phi) is 8.15. The Morgan fingerprint density at radius 2 is 2.05 bits per heavy atom. The van der Waals surface area contributed by atoms with Gasteiger partial charge in [0.25, 0.3) is 0 Å². The van der Waals surface area contributed by atoms with Crippen LogP contribution in [-0.4, -0.2) is 57.7 Å². The molecule has 114 valence electrons. The first-order valence-electron chi connectivity index (χ1n) is 6.06. The van der Waals surface area contributed by atoms with Crippen LogP contribution in [0.3, 0.4) is 0 Å². The van der Waals surface area contributed by atoms with Crippen molar-refractivity contribution >= 4 is 16.0 Å². The van der Waals surface area contributed by atoms with E-state index in [1.54, 1.807) is 6.92 Å². The maximum absolute atomic E-state index is 11.6. The van der Waals surface area contributed by atoms with Gasteiger partial charge in [-0.3, -0.25) is 4.79 Å². The molecular weight excluding hydrogens is 274 g/mol. The molecule has 2 N–H and O–H groups in total. The van der Waals surface area contributed by atoms with Crippen molar-refractivity contribution < 1.29 is 27.8 Å². The smallest absolute Gasteiger partial charge is 0.306 e. The molecule has 0 aliphatic heterocycles. The summed E-state index contributed by atoms with van der Waals surface area (Å²) in [6, 6.07) is 0. The standard InChI is InChI=1S/C11H23NO6S/c1-4-18-10(13)5-8-19(15,16)12-9-11(2,14)6-7-17-3/h12,14H,4-9H2,1-3H3. The summed E-state index contributed by atoms with van der Waals surface area (Å²) in [5, 5.41) is 9.87. The number of sulfonamides is 1. The summed E-state index contributed by atoms with van der Waals surface area (Å²) < 4.78 is 34.9. The number of carbonyl (C=O) groups is 1. The van der Waals surface area contributed by atoms with E-state index in [2.05, 4.69) is 9.46 Å². The van der Waals surface area contributed by atoms with Gasteiger partial charge in [-0.05, 0) is 13.8 Å². The summed E-state index contributed by atoms with van der Waals surface area (Å²) in [5.74, 6) is -0.911. The highest BCUT2D eigenvalue weighted by Crippen LogP contribution is 2.08. The Labute approximate surface area is 114 Å². The Morgan fingerprint density at radius 1 is 1.42 bits per heavy atom. The molecule has 0 aromatic rings. The zero-order valence-electron chi connectivity index (χ0n) is 11.6. The molecule has 8 heteroatoms. The number of rotatable bonds is 10. The van der Waals surface area contributed by atoms with E-state index in [1.165, 1.54) is 14.0 Å². The molecule has 0 aromatic carbocycles. The van der Waals surface area contributed by atoms with E-state index in [9.17, 15) is 18.3 Å². The first-order valence-corrected chi connectivity index (χ1v) is 7.72. The number of nitrogens with one attached hydrogen (secondary N) is 1. The molecule has 0 heterocycles. The lowest BCUT2D eigenvalue weighted by Gasteiger charge is -2.23. The topological polar surface area (TPSA) is 102 Å². The molecule has 1 atom stereocenters. The molecule has 0 aromatic heterocycles. The number of ether oxygens (including phenoxy) is 2. The van der Waals surface area contributed by atoms with Crippen molar-refractivity contribution in [2.45, 2.75) is 32.3 Å². The van der Waals surface area contributed by atoms with Crippen LogP contribution in [-0.2, 0) is 24.3 Å². The molecule has 19 heavy (non-hydrogen) atoms. The van der Waals surface area contributed by atoms with Crippen LogP contribution in [0, 0.1) is 0 Å². The van der Waals surface area contributed by atoms with Crippen LogP contribution in [0.2, 0.25) is 0 Å². The molecule has 0 radical (unpaired) electrons. The number of hydrogen-bond acceptors (Lipinski definition) is 6. The third-order valence-electron chi connectivity index (χ3n) is 2.40. The highest BCUT2D eigenvalue weighted by molar-refractivity contribution is 7.89. The molecule has 7 nitrogen and oxygen atoms in total. The minimum absolute atomic E-state index is 0.123. The summed E-state index contributed by atoms with van der Waals surface area (Å²) in [6.45, 7) is 3.59. The summed E-state index contributed by atoms with van der Waals surface area (Å²) in [6.07, 6.45) is 0.104. The minimum Gasteiger partial charge on any atom is -0.466 e. The highest BCUT2D eigenvalue weighted by Gasteiger charge is 2.23. The number of aliphatic hydroxyl groups is 1. The van der Waals surface area contributed by atoms with E-state index in [0.717, 1.165) is 0 Å². The normalized spacial score (nSPS) is 14.9. The van der Waals surface area contributed by atoms with Crippen LogP contribution in [0.5, 0.6) is 0 Å². The van der Waals surface area contributed by atoms with Gasteiger partial charge in [-0.25, -0.2) is 13.1 Å². The van der Waals surface area contributed by atoms with Crippen molar-refractivity contribution in [1.29, 1.82) is 0 Å². The van der Waals surface area contributed by atoms with Gasteiger partial charge < -0.3 is 14.6 Å². The lowest BCUT2D eigenvalue weighted by Crippen LogP contribution is -2.42. The van der Waals surface area contributed by atoms with Crippen LogP contribution < -0.4 is 4.72 Å². The third kappa shape index (κ3) is 9.83. The van der Waals surface area contributed by atoms with E-state index < -0.39 is 21.6 Å². The minimum atomic E-state index is -3.60. The van der Waals surface area contributed by atoms with Crippen LogP contribution >= 0.6 is 0 Å². The summed E-state index contributed by atoms with van der Waals surface area (Å²) in [7, 11) is -2.11. The van der Waals surface area contributed by atoms with E-state index in [4.69, 9.17) is 4.74 Å². The molecule has 0 bridgehead atoms. The van der Waals surface area contributed by atoms with Crippen molar-refractivity contribution in [1.82, 2.24) is 4.72 Å². The van der Waals surface area contributed by atoms with Crippen molar-refractivity contribution in [3.8, 4) is 0 Å². The molecule has 1 unspecified atom stereocenters. The fraction of sp³-hybridized carbons (Fsp3) is 0.909. The molecule has 0 aliphatic rings. The molecule has 0 amide bonds. The summed E-state index contributed by atoms with van der Waals surface area (Å²) in [5.41, 5.74) is -1.19. The van der Waals surface area contributed by atoms with E-state index in [1.807, 2.05) is 0 Å². The van der Waals surface area contributed by atoms with Gasteiger partial charge in [0.2, 0.25) is 10.0 Å². The Bertz CT molecular complexity index is 365. The van der Waals surface area contributed by atoms with Gasteiger partial charge in [-0.15, -0.1) is 0 Å². The predicted octanol–water partition coefficient (Wildman–Crippen LogP) is -0.353. The second kappa shape index (κ2) is 8.47. The van der Waals surface area contributed by atoms with E-state index >= 15 is 0 Å². The molecule has 0 fully saturated rings. The second-order valence-corrected chi connectivity index (χ2v) is 6.36. The zero-order chi connectivity index (χ0) is 14.9. The van der Waals surface area contributed by atoms with Crippen molar-refractivity contribution in [2.75, 3.05) is 32.6 Å². The van der Waals surface area contributed by atoms with Crippen LogP contribution in [0.1, 0.15) is 26.7 Å². The predicted molar refractivity (Wildman–Crippen MR) is 70.2 cm³/mol. The molecule has 0 saturated carbocycles. The van der Waals surface area contributed by atoms with Crippen LogP contribution in [0.25, 0.3) is 0 Å². The molecule has 0 spiro atoms. The van der Waals surface area contributed by atoms with Crippen molar-refractivity contribution in [3.63, 3.8) is 0 Å². The number of esters is 1. The number of hydrogen-bond donors (Lipinski definition) is 2. The average molecular weight is 297 g/mol. The fourth-order valence-electron chi connectivity index (χ4n) is 1.20. The van der Waals surface area contributed by atoms with Gasteiger partial charge in [0, 0.05) is 26.7 Å². The van der Waals surface area contributed by atoms with E-state index in [-0.39, 0.29) is 25.3 Å². The lowest BCUT2D eigenvalue weighted by molar-refractivity contribution is -0.142. The Balaban J connectivity index is 4.12. The van der Waals surface area contributed by atoms with Gasteiger partial charge in [-0.2, -0.15) is 0 Å². The summed E-state index contributed by atoms with van der Waals surface area (Å²) in [4.78, 5) is 11.1. The van der Waals surface area contributed by atoms with Crippen LogP contribution in [0.4, 0.5) is 0 Å². The van der Waals surface area contributed by atoms with Crippen LogP contribution in [0.15, 0.2) is 0 Å². The maximum atomic E-state index is 11.6. The maximum Gasteiger partial charge on any atom is 0.306 e. The number of methoxy groups -OCH3 is 1. The van der Waals surface area contributed by atoms with Gasteiger partial charge >= 0.3 is 5.97 Å². The molecule has 0 rings (SSSR count). The van der Waals surface area contributed by atoms with Gasteiger partial charge in [0.05, 0.1) is 24.4 Å². The third-order valence-corrected chi connectivity index (χ3v) is 3.72. The SMILES string of the molecule is CCOC(=O)CCS(=O)(=O)NCC(C)(O)CCOC. The molecule has 0 saturated heterocycles. The summed E-state index contributed by atoms with van der Waals surface area (Å²) >= 11 is 0.